The Morgan fingerprint density at radius 3 is 2.64 bits per heavy atom. The summed E-state index contributed by atoms with van der Waals surface area (Å²) in [5.74, 6) is -0.101. The van der Waals surface area contributed by atoms with E-state index in [9.17, 15) is 4.79 Å². The maximum Gasteiger partial charge on any atom is 0.240 e. The van der Waals surface area contributed by atoms with Crippen molar-refractivity contribution in [3.05, 3.63) is 0 Å². The van der Waals surface area contributed by atoms with Crippen LogP contribution in [-0.4, -0.2) is 30.4 Å². The van der Waals surface area contributed by atoms with Crippen molar-refractivity contribution >= 4 is 5.91 Å². The zero-order chi connectivity index (χ0) is 8.69. The van der Waals surface area contributed by atoms with Crippen molar-refractivity contribution in [1.82, 2.24) is 10.2 Å². The van der Waals surface area contributed by atoms with Gasteiger partial charge < -0.3 is 10.2 Å². The van der Waals surface area contributed by atoms with Crippen LogP contribution in [0.5, 0.6) is 0 Å². The third-order valence-corrected chi connectivity index (χ3v) is 1.23. The van der Waals surface area contributed by atoms with E-state index in [-0.39, 0.29) is 12.5 Å². The van der Waals surface area contributed by atoms with Gasteiger partial charge in [0.2, 0.25) is 5.91 Å². The molecule has 62 valence electrons. The molecule has 0 saturated carbocycles. The molecule has 1 N–H and O–H groups in total. The summed E-state index contributed by atoms with van der Waals surface area (Å²) in [5.41, 5.74) is 0. The summed E-state index contributed by atoms with van der Waals surface area (Å²) < 4.78 is 0. The van der Waals surface area contributed by atoms with Gasteiger partial charge in [0.15, 0.2) is 6.19 Å². The van der Waals surface area contributed by atoms with Crippen LogP contribution >= 0.6 is 0 Å². The zero-order valence-corrected chi connectivity index (χ0v) is 6.92. The van der Waals surface area contributed by atoms with Crippen LogP contribution in [0.2, 0.25) is 0 Å². The second kappa shape index (κ2) is 5.54. The van der Waals surface area contributed by atoms with Crippen LogP contribution in [0.25, 0.3) is 0 Å². The standard InChI is InChI=1S/C7H13N3O/c1-3-9-7(11)5-10(4-2)6-8/h3-5H2,1-2H3,(H,9,11). The topological polar surface area (TPSA) is 56.1 Å². The molecule has 0 aromatic carbocycles. The number of likely N-dealkylation sites (N-methyl/N-ethyl adjacent to an activating group) is 2. The molecule has 0 bridgehead atoms. The lowest BCUT2D eigenvalue weighted by molar-refractivity contribution is -0.121. The Kier molecular flexibility index (Phi) is 4.91. The summed E-state index contributed by atoms with van der Waals surface area (Å²) in [4.78, 5) is 12.3. The molecule has 0 rings (SSSR count). The normalized spacial score (nSPS) is 8.45. The van der Waals surface area contributed by atoms with Gasteiger partial charge >= 0.3 is 0 Å². The van der Waals surface area contributed by atoms with Gasteiger partial charge in [-0.2, -0.15) is 5.26 Å². The van der Waals surface area contributed by atoms with Crippen LogP contribution in [0.15, 0.2) is 0 Å². The van der Waals surface area contributed by atoms with Crippen LogP contribution in [-0.2, 0) is 4.79 Å². The molecule has 0 saturated heterocycles. The summed E-state index contributed by atoms with van der Waals surface area (Å²) in [5, 5.41) is 11.1. The van der Waals surface area contributed by atoms with Gasteiger partial charge in [-0.25, -0.2) is 0 Å². The summed E-state index contributed by atoms with van der Waals surface area (Å²) >= 11 is 0. The summed E-state index contributed by atoms with van der Waals surface area (Å²) in [6, 6.07) is 0. The average molecular weight is 155 g/mol. The summed E-state index contributed by atoms with van der Waals surface area (Å²) in [6.45, 7) is 5.04. The fraction of sp³-hybridized carbons (Fsp3) is 0.714. The Hall–Kier alpha value is -1.24. The maximum atomic E-state index is 10.9. The van der Waals surface area contributed by atoms with Crippen molar-refractivity contribution in [2.75, 3.05) is 19.6 Å². The molecular weight excluding hydrogens is 142 g/mol. The van der Waals surface area contributed by atoms with Gasteiger partial charge in [-0.15, -0.1) is 0 Å². The smallest absolute Gasteiger partial charge is 0.240 e. The van der Waals surface area contributed by atoms with Crippen molar-refractivity contribution in [3.63, 3.8) is 0 Å². The van der Waals surface area contributed by atoms with E-state index in [1.807, 2.05) is 20.0 Å². The molecular formula is C7H13N3O. The monoisotopic (exact) mass is 155 g/mol. The number of hydrogen-bond acceptors (Lipinski definition) is 3. The molecule has 0 aliphatic carbocycles. The molecule has 0 aromatic heterocycles. The highest BCUT2D eigenvalue weighted by Crippen LogP contribution is 1.82. The fourth-order valence-corrected chi connectivity index (χ4v) is 0.644. The number of hydrogen-bond donors (Lipinski definition) is 1. The van der Waals surface area contributed by atoms with E-state index >= 15 is 0 Å². The van der Waals surface area contributed by atoms with Crippen LogP contribution < -0.4 is 5.32 Å². The van der Waals surface area contributed by atoms with E-state index in [4.69, 9.17) is 5.26 Å². The second-order valence-corrected chi connectivity index (χ2v) is 2.07. The predicted octanol–water partition coefficient (Wildman–Crippen LogP) is -0.0745. The van der Waals surface area contributed by atoms with Crippen LogP contribution in [0.3, 0.4) is 0 Å². The molecule has 0 heterocycles. The van der Waals surface area contributed by atoms with E-state index in [1.54, 1.807) is 0 Å². The quantitative estimate of drug-likeness (QED) is 0.456. The highest BCUT2D eigenvalue weighted by molar-refractivity contribution is 5.78. The molecule has 0 unspecified atom stereocenters. The van der Waals surface area contributed by atoms with Crippen molar-refractivity contribution in [1.29, 1.82) is 5.26 Å². The first-order chi connectivity index (χ1) is 5.24. The lowest BCUT2D eigenvalue weighted by atomic mass is 10.5. The average Bonchev–Trinajstić information content (AvgIpc) is 2.01. The molecule has 0 fully saturated rings. The van der Waals surface area contributed by atoms with Gasteiger partial charge in [-0.05, 0) is 13.8 Å². The minimum atomic E-state index is -0.101. The van der Waals surface area contributed by atoms with E-state index < -0.39 is 0 Å². The number of nitrogens with one attached hydrogen (secondary N) is 1. The lowest BCUT2D eigenvalue weighted by Gasteiger charge is -2.11. The van der Waals surface area contributed by atoms with Crippen LogP contribution in [0.1, 0.15) is 13.8 Å². The third-order valence-electron chi connectivity index (χ3n) is 1.23. The number of rotatable bonds is 4. The minimum Gasteiger partial charge on any atom is -0.355 e. The molecule has 0 spiro atoms. The van der Waals surface area contributed by atoms with Gasteiger partial charge in [0.1, 0.15) is 6.54 Å². The highest BCUT2D eigenvalue weighted by Gasteiger charge is 2.04. The number of nitriles is 1. The molecule has 0 radical (unpaired) electrons. The van der Waals surface area contributed by atoms with E-state index in [1.165, 1.54) is 4.90 Å². The molecule has 4 heteroatoms. The first-order valence-electron chi connectivity index (χ1n) is 3.66. The van der Waals surface area contributed by atoms with Gasteiger partial charge in [0.25, 0.3) is 0 Å². The van der Waals surface area contributed by atoms with E-state index in [2.05, 4.69) is 5.32 Å². The zero-order valence-electron chi connectivity index (χ0n) is 6.92. The number of carbonyl (C=O) groups excluding carboxylic acids is 1. The van der Waals surface area contributed by atoms with Crippen molar-refractivity contribution in [2.24, 2.45) is 0 Å². The predicted molar refractivity (Wildman–Crippen MR) is 41.5 cm³/mol. The number of amides is 1. The Morgan fingerprint density at radius 1 is 1.64 bits per heavy atom. The Balaban J connectivity index is 3.65. The number of nitrogens with zero attached hydrogens (tertiary/aromatic N) is 2. The van der Waals surface area contributed by atoms with E-state index in [0.29, 0.717) is 13.1 Å². The third kappa shape index (κ3) is 4.20. The summed E-state index contributed by atoms with van der Waals surface area (Å²) in [6.07, 6.45) is 1.91. The van der Waals surface area contributed by atoms with E-state index in [0.717, 1.165) is 0 Å². The Labute approximate surface area is 66.8 Å². The van der Waals surface area contributed by atoms with Gasteiger partial charge in [-0.1, -0.05) is 0 Å². The van der Waals surface area contributed by atoms with Gasteiger partial charge in [0, 0.05) is 13.1 Å². The first kappa shape index (κ1) is 9.76. The first-order valence-corrected chi connectivity index (χ1v) is 3.66. The minimum absolute atomic E-state index is 0.101. The molecule has 0 atom stereocenters. The van der Waals surface area contributed by atoms with Crippen LogP contribution in [0.4, 0.5) is 0 Å². The Morgan fingerprint density at radius 2 is 2.27 bits per heavy atom. The summed E-state index contributed by atoms with van der Waals surface area (Å²) in [7, 11) is 0. The second-order valence-electron chi connectivity index (χ2n) is 2.07. The fourth-order valence-electron chi connectivity index (χ4n) is 0.644. The highest BCUT2D eigenvalue weighted by atomic mass is 16.1. The van der Waals surface area contributed by atoms with Crippen molar-refractivity contribution in [3.8, 4) is 6.19 Å². The molecule has 1 amide bonds. The lowest BCUT2D eigenvalue weighted by Crippen LogP contribution is -2.34. The van der Waals surface area contributed by atoms with Crippen LogP contribution in [0, 0.1) is 11.5 Å². The molecule has 0 aliphatic rings. The SMILES string of the molecule is CCNC(=O)CN(C#N)CC. The van der Waals surface area contributed by atoms with Crippen molar-refractivity contribution in [2.45, 2.75) is 13.8 Å². The maximum absolute atomic E-state index is 10.9. The largest absolute Gasteiger partial charge is 0.355 e. The molecule has 4 nitrogen and oxygen atoms in total. The van der Waals surface area contributed by atoms with Gasteiger partial charge in [0.05, 0.1) is 0 Å². The number of carbonyl (C=O) groups is 1. The Bertz CT molecular complexity index is 162. The molecule has 0 aliphatic heterocycles. The molecule has 11 heavy (non-hydrogen) atoms. The van der Waals surface area contributed by atoms with Gasteiger partial charge in [-0.3, -0.25) is 4.79 Å². The van der Waals surface area contributed by atoms with Crippen molar-refractivity contribution < 1.29 is 4.79 Å². The molecule has 0 aromatic rings.